The Morgan fingerprint density at radius 3 is 2.46 bits per heavy atom. The quantitative estimate of drug-likeness (QED) is 0.851. The molecule has 5 heteroatoms. The van der Waals surface area contributed by atoms with Gasteiger partial charge in [0.2, 0.25) is 5.91 Å². The molecule has 3 rings (SSSR count). The number of anilines is 1. The van der Waals surface area contributed by atoms with Gasteiger partial charge in [0.05, 0.1) is 5.56 Å². The Morgan fingerprint density at radius 1 is 1.08 bits per heavy atom. The third-order valence-corrected chi connectivity index (χ3v) is 4.43. The maximum Gasteiger partial charge on any atom is 0.257 e. The van der Waals surface area contributed by atoms with Crippen LogP contribution >= 0.6 is 0 Å². The molecule has 0 saturated carbocycles. The molecule has 0 aliphatic carbocycles. The van der Waals surface area contributed by atoms with Gasteiger partial charge in [-0.3, -0.25) is 9.59 Å². The van der Waals surface area contributed by atoms with E-state index in [9.17, 15) is 14.0 Å². The summed E-state index contributed by atoms with van der Waals surface area (Å²) in [5, 5.41) is 0. The van der Waals surface area contributed by atoms with Gasteiger partial charge in [0, 0.05) is 18.8 Å². The van der Waals surface area contributed by atoms with Crippen molar-refractivity contribution in [2.24, 2.45) is 0 Å². The van der Waals surface area contributed by atoms with Crippen molar-refractivity contribution in [3.8, 4) is 0 Å². The van der Waals surface area contributed by atoms with E-state index >= 15 is 0 Å². The molecular weight excluding hydrogens is 307 g/mol. The van der Waals surface area contributed by atoms with Gasteiger partial charge in [-0.2, -0.15) is 0 Å². The molecule has 1 saturated heterocycles. The van der Waals surface area contributed by atoms with Gasteiger partial charge in [0.1, 0.15) is 11.9 Å². The number of para-hydroxylation sites is 1. The molecule has 124 valence electrons. The van der Waals surface area contributed by atoms with Crippen LogP contribution in [0.2, 0.25) is 0 Å². The first-order valence-corrected chi connectivity index (χ1v) is 7.93. The third-order valence-electron chi connectivity index (χ3n) is 4.43. The van der Waals surface area contributed by atoms with Crippen molar-refractivity contribution in [1.82, 2.24) is 4.90 Å². The van der Waals surface area contributed by atoms with Gasteiger partial charge >= 0.3 is 0 Å². The first kappa shape index (κ1) is 16.2. The van der Waals surface area contributed by atoms with Crippen LogP contribution in [-0.4, -0.2) is 35.8 Å². The van der Waals surface area contributed by atoms with Crippen molar-refractivity contribution in [2.75, 3.05) is 18.0 Å². The van der Waals surface area contributed by atoms with Crippen molar-refractivity contribution >= 4 is 17.5 Å². The van der Waals surface area contributed by atoms with Crippen LogP contribution < -0.4 is 4.90 Å². The Bertz CT molecular complexity index is 790. The minimum atomic E-state index is -0.634. The zero-order valence-electron chi connectivity index (χ0n) is 13.7. The summed E-state index contributed by atoms with van der Waals surface area (Å²) in [6, 6.07) is 12.9. The van der Waals surface area contributed by atoms with Gasteiger partial charge in [-0.15, -0.1) is 0 Å². The van der Waals surface area contributed by atoms with E-state index in [0.29, 0.717) is 13.1 Å². The van der Waals surface area contributed by atoms with Crippen molar-refractivity contribution in [3.05, 3.63) is 65.5 Å². The normalized spacial score (nSPS) is 18.0. The Hall–Kier alpha value is -2.69. The molecule has 1 fully saturated rings. The summed E-state index contributed by atoms with van der Waals surface area (Å²) >= 11 is 0. The first-order chi connectivity index (χ1) is 11.5. The number of aryl methyl sites for hydroxylation is 1. The average molecular weight is 326 g/mol. The predicted octanol–water partition coefficient (Wildman–Crippen LogP) is 3.01. The molecular formula is C19H19FN2O2. The summed E-state index contributed by atoms with van der Waals surface area (Å²) in [5.74, 6) is -1.16. The molecule has 24 heavy (non-hydrogen) atoms. The van der Waals surface area contributed by atoms with Crippen LogP contribution in [0.5, 0.6) is 0 Å². The first-order valence-electron chi connectivity index (χ1n) is 7.93. The van der Waals surface area contributed by atoms with Gasteiger partial charge in [0.15, 0.2) is 0 Å². The number of carbonyl (C=O) groups excluding carboxylic acids is 2. The van der Waals surface area contributed by atoms with E-state index in [1.807, 2.05) is 31.2 Å². The number of hydrogen-bond acceptors (Lipinski definition) is 2. The predicted molar refractivity (Wildman–Crippen MR) is 90.4 cm³/mol. The second-order valence-electron chi connectivity index (χ2n) is 5.93. The second kappa shape index (κ2) is 6.43. The number of benzene rings is 2. The van der Waals surface area contributed by atoms with Crippen LogP contribution in [0.3, 0.4) is 0 Å². The van der Waals surface area contributed by atoms with E-state index in [0.717, 1.165) is 11.3 Å². The standard InChI is InChI=1S/C19H19FN2O2/c1-13-7-3-6-10-17(13)22-12-11-21(14(2)18(22)23)19(24)15-8-4-5-9-16(15)20/h3-10,14H,11-12H2,1-2H3/t14-/m1/s1. The SMILES string of the molecule is Cc1ccccc1N1CCN(C(=O)c2ccccc2F)[C@H](C)C1=O. The van der Waals surface area contributed by atoms with E-state index in [2.05, 4.69) is 0 Å². The highest BCUT2D eigenvalue weighted by Crippen LogP contribution is 2.25. The molecule has 0 radical (unpaired) electrons. The Kier molecular flexibility index (Phi) is 4.34. The number of carbonyl (C=O) groups is 2. The monoisotopic (exact) mass is 326 g/mol. The highest BCUT2D eigenvalue weighted by Gasteiger charge is 2.36. The maximum absolute atomic E-state index is 13.9. The van der Waals surface area contributed by atoms with Gasteiger partial charge in [-0.25, -0.2) is 4.39 Å². The molecule has 2 aromatic carbocycles. The summed E-state index contributed by atoms with van der Waals surface area (Å²) in [6.45, 7) is 4.40. The van der Waals surface area contributed by atoms with Crippen LogP contribution in [0.4, 0.5) is 10.1 Å². The number of rotatable bonds is 2. The lowest BCUT2D eigenvalue weighted by molar-refractivity contribution is -0.124. The maximum atomic E-state index is 13.9. The van der Waals surface area contributed by atoms with Crippen LogP contribution in [0.1, 0.15) is 22.8 Å². The lowest BCUT2D eigenvalue weighted by Gasteiger charge is -2.39. The zero-order chi connectivity index (χ0) is 17.3. The van der Waals surface area contributed by atoms with Gasteiger partial charge in [0.25, 0.3) is 5.91 Å². The van der Waals surface area contributed by atoms with Gasteiger partial charge in [-0.05, 0) is 37.6 Å². The van der Waals surface area contributed by atoms with Crippen molar-refractivity contribution in [3.63, 3.8) is 0 Å². The van der Waals surface area contributed by atoms with Crippen molar-refractivity contribution in [1.29, 1.82) is 0 Å². The van der Waals surface area contributed by atoms with E-state index in [-0.39, 0.29) is 11.5 Å². The molecule has 2 aromatic rings. The highest BCUT2D eigenvalue weighted by molar-refractivity contribution is 6.03. The average Bonchev–Trinajstić information content (AvgIpc) is 2.58. The smallest absolute Gasteiger partial charge is 0.257 e. The molecule has 1 aliphatic heterocycles. The molecule has 1 aliphatic rings. The summed E-state index contributed by atoms with van der Waals surface area (Å²) in [5.41, 5.74) is 1.86. The number of nitrogens with zero attached hydrogens (tertiary/aromatic N) is 2. The van der Waals surface area contributed by atoms with E-state index in [1.54, 1.807) is 17.9 Å². The highest BCUT2D eigenvalue weighted by atomic mass is 19.1. The van der Waals surface area contributed by atoms with Crippen molar-refractivity contribution in [2.45, 2.75) is 19.9 Å². The number of hydrogen-bond donors (Lipinski definition) is 0. The summed E-state index contributed by atoms with van der Waals surface area (Å²) in [6.07, 6.45) is 0. The third kappa shape index (κ3) is 2.77. The molecule has 1 atom stereocenters. The van der Waals surface area contributed by atoms with Gasteiger partial charge < -0.3 is 9.80 Å². The summed E-state index contributed by atoms with van der Waals surface area (Å²) in [4.78, 5) is 28.5. The largest absolute Gasteiger partial charge is 0.325 e. The number of halogens is 1. The zero-order valence-corrected chi connectivity index (χ0v) is 13.7. The number of piperazine rings is 1. The van der Waals surface area contributed by atoms with Crippen molar-refractivity contribution < 1.29 is 14.0 Å². The molecule has 0 spiro atoms. The molecule has 0 N–H and O–H groups in total. The fourth-order valence-electron chi connectivity index (χ4n) is 3.04. The molecule has 2 amide bonds. The molecule has 0 aromatic heterocycles. The lowest BCUT2D eigenvalue weighted by Crippen LogP contribution is -2.58. The molecule has 1 heterocycles. The Morgan fingerprint density at radius 2 is 1.75 bits per heavy atom. The summed E-state index contributed by atoms with van der Waals surface area (Å²) in [7, 11) is 0. The van der Waals surface area contributed by atoms with Crippen LogP contribution in [0.15, 0.2) is 48.5 Å². The Labute approximate surface area is 140 Å². The summed E-state index contributed by atoms with van der Waals surface area (Å²) < 4.78 is 13.9. The Balaban J connectivity index is 1.84. The van der Waals surface area contributed by atoms with E-state index in [4.69, 9.17) is 0 Å². The lowest BCUT2D eigenvalue weighted by atomic mass is 10.1. The van der Waals surface area contributed by atoms with Crippen LogP contribution in [-0.2, 0) is 4.79 Å². The fourth-order valence-corrected chi connectivity index (χ4v) is 3.04. The van der Waals surface area contributed by atoms with Crippen LogP contribution in [0, 0.1) is 12.7 Å². The van der Waals surface area contributed by atoms with E-state index < -0.39 is 17.8 Å². The minimum absolute atomic E-state index is 0.00138. The molecule has 0 unspecified atom stereocenters. The van der Waals surface area contributed by atoms with Crippen LogP contribution in [0.25, 0.3) is 0 Å². The number of amides is 2. The topological polar surface area (TPSA) is 40.6 Å². The minimum Gasteiger partial charge on any atom is -0.325 e. The second-order valence-corrected chi connectivity index (χ2v) is 5.93. The van der Waals surface area contributed by atoms with E-state index in [1.165, 1.54) is 23.1 Å². The van der Waals surface area contributed by atoms with Gasteiger partial charge in [-0.1, -0.05) is 30.3 Å². The molecule has 0 bridgehead atoms. The fraction of sp³-hybridized carbons (Fsp3) is 0.263. The molecule has 4 nitrogen and oxygen atoms in total.